The molecule has 33 heavy (non-hydrogen) atoms. The highest BCUT2D eigenvalue weighted by Gasteiger charge is 2.17. The van der Waals surface area contributed by atoms with E-state index in [1.54, 1.807) is 4.57 Å². The van der Waals surface area contributed by atoms with Gasteiger partial charge in [-0.25, -0.2) is 4.98 Å². The molecule has 4 aromatic rings. The minimum absolute atomic E-state index is 0.0456. The maximum absolute atomic E-state index is 13.3. The van der Waals surface area contributed by atoms with Gasteiger partial charge >= 0.3 is 0 Å². The molecule has 2 heterocycles. The average molecular weight is 482 g/mol. The second-order valence-corrected chi connectivity index (χ2v) is 9.91. The summed E-state index contributed by atoms with van der Waals surface area (Å²) in [7, 11) is 0. The maximum atomic E-state index is 13.3. The van der Waals surface area contributed by atoms with Gasteiger partial charge in [0.2, 0.25) is 5.91 Å². The molecule has 0 bridgehead atoms. The van der Waals surface area contributed by atoms with E-state index in [-0.39, 0.29) is 17.2 Å². The Kier molecular flexibility index (Phi) is 7.47. The maximum Gasteiger partial charge on any atom is 0.263 e. The molecule has 1 amide bonds. The topological polar surface area (TPSA) is 73.2 Å². The van der Waals surface area contributed by atoms with Crippen molar-refractivity contribution in [3.63, 3.8) is 0 Å². The number of carbonyl (C=O) groups excluding carboxylic acids is 1. The van der Waals surface area contributed by atoms with Gasteiger partial charge in [-0.05, 0) is 55.7 Å². The molecule has 172 valence electrons. The van der Waals surface area contributed by atoms with Crippen LogP contribution in [0.2, 0.25) is 0 Å². The van der Waals surface area contributed by atoms with Crippen LogP contribution >= 0.6 is 23.1 Å². The fraction of sp³-hybridized carbons (Fsp3) is 0.320. The van der Waals surface area contributed by atoms with Gasteiger partial charge in [-0.2, -0.15) is 0 Å². The van der Waals surface area contributed by atoms with Crippen LogP contribution in [0.4, 0.5) is 5.69 Å². The lowest BCUT2D eigenvalue weighted by Crippen LogP contribution is -2.25. The summed E-state index contributed by atoms with van der Waals surface area (Å²) in [4.78, 5) is 32.5. The number of fused-ring (bicyclic) bond motifs is 2. The summed E-state index contributed by atoms with van der Waals surface area (Å²) in [6.07, 6.45) is 0.708. The van der Waals surface area contributed by atoms with E-state index in [0.717, 1.165) is 31.7 Å². The molecule has 0 aliphatic heterocycles. The fourth-order valence-corrected chi connectivity index (χ4v) is 5.58. The van der Waals surface area contributed by atoms with Crippen LogP contribution in [-0.4, -0.2) is 34.4 Å². The molecule has 1 N–H and O–H groups in total. The number of hydrogen-bond acceptors (Lipinski definition) is 6. The monoisotopic (exact) mass is 481 g/mol. The van der Waals surface area contributed by atoms with E-state index in [2.05, 4.69) is 5.32 Å². The van der Waals surface area contributed by atoms with Crippen LogP contribution in [0, 0.1) is 13.8 Å². The number of anilines is 1. The van der Waals surface area contributed by atoms with E-state index in [9.17, 15) is 9.59 Å². The van der Waals surface area contributed by atoms with E-state index < -0.39 is 0 Å². The van der Waals surface area contributed by atoms with E-state index in [1.165, 1.54) is 23.1 Å². The smallest absolute Gasteiger partial charge is 0.263 e. The fourth-order valence-electron chi connectivity index (χ4n) is 3.68. The third-order valence-corrected chi connectivity index (χ3v) is 7.57. The Hall–Kier alpha value is -2.68. The molecular weight excluding hydrogens is 454 g/mol. The zero-order chi connectivity index (χ0) is 23.4. The molecule has 8 heteroatoms. The Labute approximate surface area is 201 Å². The van der Waals surface area contributed by atoms with Gasteiger partial charge in [-0.1, -0.05) is 42.1 Å². The number of amides is 1. The Bertz CT molecular complexity index is 1360. The molecule has 0 fully saturated rings. The van der Waals surface area contributed by atoms with Crippen LogP contribution in [0.25, 0.3) is 21.0 Å². The zero-order valence-electron chi connectivity index (χ0n) is 19.0. The van der Waals surface area contributed by atoms with Crippen molar-refractivity contribution in [3.05, 3.63) is 63.3 Å². The Morgan fingerprint density at radius 3 is 2.76 bits per heavy atom. The van der Waals surface area contributed by atoms with Crippen molar-refractivity contribution in [3.8, 4) is 0 Å². The first-order valence-electron chi connectivity index (χ1n) is 11.0. The summed E-state index contributed by atoms with van der Waals surface area (Å²) in [5.41, 5.74) is 1.69. The predicted molar refractivity (Wildman–Crippen MR) is 138 cm³/mol. The number of aromatic nitrogens is 2. The van der Waals surface area contributed by atoms with E-state index in [0.29, 0.717) is 36.7 Å². The Morgan fingerprint density at radius 1 is 1.18 bits per heavy atom. The highest BCUT2D eigenvalue weighted by molar-refractivity contribution is 7.99. The second kappa shape index (κ2) is 10.5. The van der Waals surface area contributed by atoms with Crippen molar-refractivity contribution in [2.45, 2.75) is 38.9 Å². The molecule has 0 saturated carbocycles. The van der Waals surface area contributed by atoms with Gasteiger partial charge in [0.05, 0.1) is 11.1 Å². The Morgan fingerprint density at radius 2 is 1.97 bits per heavy atom. The van der Waals surface area contributed by atoms with Crippen LogP contribution in [0.3, 0.4) is 0 Å². The van der Waals surface area contributed by atoms with Gasteiger partial charge in [-0.15, -0.1) is 11.3 Å². The zero-order valence-corrected chi connectivity index (χ0v) is 20.6. The van der Waals surface area contributed by atoms with Crippen LogP contribution in [0.1, 0.15) is 23.8 Å². The summed E-state index contributed by atoms with van der Waals surface area (Å²) < 4.78 is 7.13. The third kappa shape index (κ3) is 5.29. The molecule has 2 aromatic carbocycles. The number of nitrogens with one attached hydrogen (secondary N) is 1. The van der Waals surface area contributed by atoms with Crippen LogP contribution < -0.4 is 10.9 Å². The van der Waals surface area contributed by atoms with Crippen molar-refractivity contribution in [1.82, 2.24) is 9.55 Å². The number of rotatable bonds is 9. The summed E-state index contributed by atoms with van der Waals surface area (Å²) in [6.45, 7) is 7.65. The van der Waals surface area contributed by atoms with Crippen molar-refractivity contribution < 1.29 is 9.53 Å². The SMILES string of the molecule is CCOCCCn1c(SCC(=O)Nc2ccc3ccccc3c2)nc2sc(C)c(C)c2c1=O. The predicted octanol–water partition coefficient (Wildman–Crippen LogP) is 5.39. The van der Waals surface area contributed by atoms with Gasteiger partial charge in [0.25, 0.3) is 5.56 Å². The largest absolute Gasteiger partial charge is 0.382 e. The molecule has 0 aliphatic rings. The minimum Gasteiger partial charge on any atom is -0.382 e. The molecule has 0 radical (unpaired) electrons. The lowest BCUT2D eigenvalue weighted by Gasteiger charge is -2.12. The molecule has 0 saturated heterocycles. The lowest BCUT2D eigenvalue weighted by molar-refractivity contribution is -0.113. The number of carbonyl (C=O) groups is 1. The first-order valence-corrected chi connectivity index (χ1v) is 12.8. The van der Waals surface area contributed by atoms with Crippen molar-refractivity contribution >= 4 is 55.7 Å². The molecule has 0 aliphatic carbocycles. The third-order valence-electron chi connectivity index (χ3n) is 5.49. The summed E-state index contributed by atoms with van der Waals surface area (Å²) in [5.74, 6) is 0.0311. The molecular formula is C25H27N3O3S2. The molecule has 4 rings (SSSR count). The van der Waals surface area contributed by atoms with Crippen molar-refractivity contribution in [2.75, 3.05) is 24.3 Å². The van der Waals surface area contributed by atoms with E-state index in [1.807, 2.05) is 63.2 Å². The summed E-state index contributed by atoms with van der Waals surface area (Å²) >= 11 is 2.81. The van der Waals surface area contributed by atoms with Gasteiger partial charge < -0.3 is 10.1 Å². The number of benzene rings is 2. The lowest BCUT2D eigenvalue weighted by atomic mass is 10.1. The highest BCUT2D eigenvalue weighted by atomic mass is 32.2. The summed E-state index contributed by atoms with van der Waals surface area (Å²) in [5, 5.41) is 6.40. The van der Waals surface area contributed by atoms with Crippen LogP contribution in [0.15, 0.2) is 52.4 Å². The molecule has 0 unspecified atom stereocenters. The minimum atomic E-state index is -0.135. The number of thioether (sulfide) groups is 1. The van der Waals surface area contributed by atoms with Gasteiger partial charge in [0.1, 0.15) is 4.83 Å². The second-order valence-electron chi connectivity index (χ2n) is 7.76. The van der Waals surface area contributed by atoms with Crippen LogP contribution in [-0.2, 0) is 16.1 Å². The van der Waals surface area contributed by atoms with E-state index >= 15 is 0 Å². The molecule has 0 spiro atoms. The molecule has 0 atom stereocenters. The first kappa shape index (κ1) is 23.5. The molecule has 2 aromatic heterocycles. The van der Waals surface area contributed by atoms with Gasteiger partial charge in [-0.3, -0.25) is 14.2 Å². The first-order chi connectivity index (χ1) is 16.0. The number of ether oxygens (including phenoxy) is 1. The Balaban J connectivity index is 1.53. The number of hydrogen-bond donors (Lipinski definition) is 1. The number of aryl methyl sites for hydroxylation is 2. The number of thiophene rings is 1. The van der Waals surface area contributed by atoms with Gasteiger partial charge in [0, 0.05) is 30.3 Å². The van der Waals surface area contributed by atoms with E-state index in [4.69, 9.17) is 9.72 Å². The standard InChI is InChI=1S/C25H27N3O3S2/c1-4-31-13-7-12-28-24(30)22-16(2)17(3)33-23(22)27-25(28)32-15-21(29)26-20-11-10-18-8-5-6-9-19(18)14-20/h5-6,8-11,14H,4,7,12-13,15H2,1-3H3,(H,26,29). The number of nitrogens with zero attached hydrogens (tertiary/aromatic N) is 2. The average Bonchev–Trinajstić information content (AvgIpc) is 3.10. The highest BCUT2D eigenvalue weighted by Crippen LogP contribution is 2.28. The van der Waals surface area contributed by atoms with Gasteiger partial charge in [0.15, 0.2) is 5.16 Å². The van der Waals surface area contributed by atoms with Crippen LogP contribution in [0.5, 0.6) is 0 Å². The summed E-state index contributed by atoms with van der Waals surface area (Å²) in [6, 6.07) is 13.9. The molecule has 6 nitrogen and oxygen atoms in total. The quantitative estimate of drug-likeness (QED) is 0.197. The van der Waals surface area contributed by atoms with Crippen molar-refractivity contribution in [1.29, 1.82) is 0 Å². The van der Waals surface area contributed by atoms with Crippen molar-refractivity contribution in [2.24, 2.45) is 0 Å². The normalized spacial score (nSPS) is 11.4.